The molecule has 2 aromatic carbocycles. The molecule has 0 atom stereocenters. The number of aryl methyl sites for hydroxylation is 1. The molecule has 0 unspecified atom stereocenters. The summed E-state index contributed by atoms with van der Waals surface area (Å²) in [5.41, 5.74) is 6.98. The molecule has 6 rings (SSSR count). The van der Waals surface area contributed by atoms with E-state index in [0.717, 1.165) is 22.5 Å². The van der Waals surface area contributed by atoms with Gasteiger partial charge in [0, 0.05) is 40.8 Å². The summed E-state index contributed by atoms with van der Waals surface area (Å²) in [6.07, 6.45) is 9.99. The van der Waals surface area contributed by atoms with E-state index in [-0.39, 0.29) is 16.9 Å². The Morgan fingerprint density at radius 2 is 1.56 bits per heavy atom. The maximum absolute atomic E-state index is 9.99. The van der Waals surface area contributed by atoms with Crippen molar-refractivity contribution in [1.82, 2.24) is 4.57 Å². The summed E-state index contributed by atoms with van der Waals surface area (Å²) in [5.74, 6) is 0.0511. The number of nitrogens with zero attached hydrogens (tertiary/aromatic N) is 5. The molecular formula is C40H37N5OS2. The molecule has 5 aromatic rings. The zero-order valence-corrected chi connectivity index (χ0v) is 29.6. The number of hydrogen-bond donors (Lipinski definition) is 0. The van der Waals surface area contributed by atoms with Gasteiger partial charge in [0.1, 0.15) is 29.4 Å². The molecule has 0 spiro atoms. The van der Waals surface area contributed by atoms with Crippen LogP contribution >= 0.6 is 22.7 Å². The van der Waals surface area contributed by atoms with Crippen LogP contribution < -0.4 is 4.90 Å². The Hall–Kier alpha value is -5.07. The second kappa shape index (κ2) is 13.6. The van der Waals surface area contributed by atoms with E-state index < -0.39 is 5.60 Å². The van der Waals surface area contributed by atoms with E-state index in [9.17, 15) is 15.8 Å². The van der Waals surface area contributed by atoms with Crippen LogP contribution in [-0.2, 0) is 11.2 Å². The van der Waals surface area contributed by atoms with E-state index in [1.54, 1.807) is 11.3 Å². The lowest BCUT2D eigenvalue weighted by Gasteiger charge is -2.20. The van der Waals surface area contributed by atoms with Gasteiger partial charge in [-0.2, -0.15) is 15.8 Å². The number of unbranched alkanes of at least 4 members (excludes halogenated alkanes) is 3. The number of hydrogen-bond acceptors (Lipinski definition) is 7. The molecule has 0 radical (unpaired) electrons. The van der Waals surface area contributed by atoms with Crippen LogP contribution in [0.15, 0.2) is 89.2 Å². The highest BCUT2D eigenvalue weighted by Crippen LogP contribution is 2.46. The van der Waals surface area contributed by atoms with Crippen molar-refractivity contribution in [3.05, 3.63) is 99.7 Å². The Kier molecular flexibility index (Phi) is 9.29. The maximum Gasteiger partial charge on any atom is 0.172 e. The molecule has 0 aliphatic carbocycles. The zero-order chi connectivity index (χ0) is 34.0. The molecular weight excluding hydrogens is 631 g/mol. The molecule has 3 aromatic heterocycles. The summed E-state index contributed by atoms with van der Waals surface area (Å²) in [7, 11) is 4.11. The molecule has 0 amide bonds. The number of fused-ring (bicyclic) bond motifs is 3. The molecule has 1 aliphatic rings. The average molecular weight is 668 g/mol. The first-order valence-corrected chi connectivity index (χ1v) is 17.8. The van der Waals surface area contributed by atoms with E-state index in [2.05, 4.69) is 97.2 Å². The molecule has 6 nitrogen and oxygen atoms in total. The number of nitriles is 3. The minimum absolute atomic E-state index is 0.0511. The van der Waals surface area contributed by atoms with Crippen LogP contribution in [0.5, 0.6) is 0 Å². The van der Waals surface area contributed by atoms with Crippen LogP contribution in [0, 0.1) is 34.0 Å². The number of aromatic nitrogens is 1. The number of anilines is 1. The first-order chi connectivity index (χ1) is 23.2. The maximum atomic E-state index is 9.99. The average Bonchev–Trinajstić information content (AvgIpc) is 3.82. The number of rotatable bonds is 10. The van der Waals surface area contributed by atoms with Crippen molar-refractivity contribution in [2.45, 2.75) is 58.5 Å². The Morgan fingerprint density at radius 3 is 2.21 bits per heavy atom. The van der Waals surface area contributed by atoms with Gasteiger partial charge in [-0.3, -0.25) is 0 Å². The standard InChI is InChI=1S/C40H37N5OS2/c1-6-7-8-9-10-26-11-15-30(16-12-26)45-34-21-31(19-20-33-32(25-43)37(28(23-41)24-42)46-40(33,2)3)47-38(34)39-35(45)22-36(48-39)27-13-17-29(18-14-27)44(4)5/h11-22H,6-10H2,1-5H3/b20-19+. The SMILES string of the molecule is CCCCCCc1ccc(-n2c3cc(/C=C/C4=C(C#N)C(=C(C#N)C#N)OC4(C)C)sc3c3sc(-c4ccc(N(C)C)cc4)cc32)cc1. The Balaban J connectivity index is 1.44. The van der Waals surface area contributed by atoms with Crippen molar-refractivity contribution in [2.24, 2.45) is 0 Å². The van der Waals surface area contributed by atoms with Gasteiger partial charge in [0.15, 0.2) is 11.3 Å². The molecule has 0 saturated heterocycles. The lowest BCUT2D eigenvalue weighted by molar-refractivity contribution is 0.0954. The molecule has 0 fully saturated rings. The molecule has 0 bridgehead atoms. The molecule has 0 N–H and O–H groups in total. The summed E-state index contributed by atoms with van der Waals surface area (Å²) < 4.78 is 10.8. The largest absolute Gasteiger partial charge is 0.480 e. The van der Waals surface area contributed by atoms with E-state index in [0.29, 0.717) is 5.57 Å². The third kappa shape index (κ3) is 6.16. The van der Waals surface area contributed by atoms with Crippen LogP contribution in [-0.4, -0.2) is 24.3 Å². The van der Waals surface area contributed by atoms with Crippen molar-refractivity contribution in [3.63, 3.8) is 0 Å². The lowest BCUT2D eigenvalue weighted by Crippen LogP contribution is -2.20. The predicted octanol–water partition coefficient (Wildman–Crippen LogP) is 10.7. The highest BCUT2D eigenvalue weighted by Gasteiger charge is 2.38. The van der Waals surface area contributed by atoms with E-state index in [1.165, 1.54) is 62.3 Å². The summed E-state index contributed by atoms with van der Waals surface area (Å²) in [6, 6.07) is 28.1. The third-order valence-electron chi connectivity index (χ3n) is 8.79. The van der Waals surface area contributed by atoms with Crippen molar-refractivity contribution < 1.29 is 4.74 Å². The predicted molar refractivity (Wildman–Crippen MR) is 199 cm³/mol. The van der Waals surface area contributed by atoms with Gasteiger partial charge < -0.3 is 14.2 Å². The number of benzene rings is 2. The summed E-state index contributed by atoms with van der Waals surface area (Å²) in [6.45, 7) is 5.93. The highest BCUT2D eigenvalue weighted by molar-refractivity contribution is 7.29. The summed E-state index contributed by atoms with van der Waals surface area (Å²) >= 11 is 3.53. The van der Waals surface area contributed by atoms with Gasteiger partial charge in [-0.25, -0.2) is 0 Å². The first-order valence-electron chi connectivity index (χ1n) is 16.2. The number of ether oxygens (including phenoxy) is 1. The minimum Gasteiger partial charge on any atom is -0.480 e. The van der Waals surface area contributed by atoms with Gasteiger partial charge in [-0.05, 0) is 80.3 Å². The van der Waals surface area contributed by atoms with Crippen LogP contribution in [0.4, 0.5) is 5.69 Å². The smallest absolute Gasteiger partial charge is 0.172 e. The fraction of sp³-hybridized carbons (Fsp3) is 0.275. The van der Waals surface area contributed by atoms with Crippen LogP contribution in [0.2, 0.25) is 0 Å². The minimum atomic E-state index is -0.863. The Bertz CT molecular complexity index is 2200. The second-order valence-corrected chi connectivity index (χ2v) is 14.9. The van der Waals surface area contributed by atoms with Crippen LogP contribution in [0.25, 0.3) is 42.6 Å². The summed E-state index contributed by atoms with van der Waals surface area (Å²) in [5, 5.41) is 28.9. The quantitative estimate of drug-likeness (QED) is 0.109. The Morgan fingerprint density at radius 1 is 0.875 bits per heavy atom. The van der Waals surface area contributed by atoms with Crippen LogP contribution in [0.1, 0.15) is 56.9 Å². The lowest BCUT2D eigenvalue weighted by atomic mass is 9.94. The van der Waals surface area contributed by atoms with Gasteiger partial charge in [0.05, 0.1) is 20.4 Å². The molecule has 1 aliphatic heterocycles. The molecule has 8 heteroatoms. The summed E-state index contributed by atoms with van der Waals surface area (Å²) in [4.78, 5) is 4.36. The topological polar surface area (TPSA) is 88.8 Å². The Labute approximate surface area is 290 Å². The number of thiophene rings is 2. The van der Waals surface area contributed by atoms with E-state index in [4.69, 9.17) is 4.74 Å². The van der Waals surface area contributed by atoms with Gasteiger partial charge in [-0.15, -0.1) is 22.7 Å². The molecule has 0 saturated carbocycles. The van der Waals surface area contributed by atoms with Crippen molar-refractivity contribution in [2.75, 3.05) is 19.0 Å². The second-order valence-electron chi connectivity index (χ2n) is 12.7. The van der Waals surface area contributed by atoms with Crippen molar-refractivity contribution >= 4 is 54.9 Å². The van der Waals surface area contributed by atoms with Gasteiger partial charge in [0.2, 0.25) is 0 Å². The molecule has 48 heavy (non-hydrogen) atoms. The monoisotopic (exact) mass is 667 g/mol. The number of allylic oxidation sites excluding steroid dienone is 2. The van der Waals surface area contributed by atoms with Gasteiger partial charge in [0.25, 0.3) is 0 Å². The fourth-order valence-corrected chi connectivity index (χ4v) is 8.55. The molecule has 240 valence electrons. The molecule has 4 heterocycles. The van der Waals surface area contributed by atoms with Crippen molar-refractivity contribution in [3.8, 4) is 34.3 Å². The normalized spacial score (nSPS) is 14.0. The van der Waals surface area contributed by atoms with Gasteiger partial charge in [-0.1, -0.05) is 56.5 Å². The first kappa shape index (κ1) is 32.9. The third-order valence-corrected chi connectivity index (χ3v) is 11.2. The van der Waals surface area contributed by atoms with E-state index in [1.807, 2.05) is 49.5 Å². The fourth-order valence-electron chi connectivity index (χ4n) is 6.21. The van der Waals surface area contributed by atoms with Crippen molar-refractivity contribution in [1.29, 1.82) is 15.8 Å². The highest BCUT2D eigenvalue weighted by atomic mass is 32.1. The zero-order valence-electron chi connectivity index (χ0n) is 27.9. The van der Waals surface area contributed by atoms with E-state index >= 15 is 0 Å². The van der Waals surface area contributed by atoms with Crippen LogP contribution in [0.3, 0.4) is 0 Å². The van der Waals surface area contributed by atoms with Gasteiger partial charge >= 0.3 is 0 Å².